The van der Waals surface area contributed by atoms with E-state index < -0.39 is 0 Å². The van der Waals surface area contributed by atoms with Crippen LogP contribution in [0.2, 0.25) is 0 Å². The summed E-state index contributed by atoms with van der Waals surface area (Å²) in [6, 6.07) is 0. The first-order valence-electron chi connectivity index (χ1n) is 7.40. The van der Waals surface area contributed by atoms with E-state index in [4.69, 9.17) is 5.73 Å². The maximum atomic E-state index is 12.5. The Kier molecular flexibility index (Phi) is 8.25. The zero-order chi connectivity index (χ0) is 14.2. The van der Waals surface area contributed by atoms with Crippen LogP contribution in [0.25, 0.3) is 0 Å². The number of amides is 1. The monoisotopic (exact) mass is 256 g/mol. The molecule has 2 N–H and O–H groups in total. The minimum absolute atomic E-state index is 0.00858. The highest BCUT2D eigenvalue weighted by Gasteiger charge is 2.26. The average Bonchev–Trinajstić information content (AvgIpc) is 2.35. The van der Waals surface area contributed by atoms with E-state index in [1.165, 1.54) is 0 Å². The molecule has 0 aromatic heterocycles. The molecular formula is C15H32N2O. The Morgan fingerprint density at radius 1 is 1.17 bits per heavy atom. The van der Waals surface area contributed by atoms with Crippen LogP contribution in [0, 0.1) is 11.3 Å². The smallest absolute Gasteiger partial charge is 0.225 e. The molecule has 0 aromatic carbocycles. The number of carbonyl (C=O) groups excluding carboxylic acids is 1. The third-order valence-electron chi connectivity index (χ3n) is 3.49. The van der Waals surface area contributed by atoms with E-state index in [1.54, 1.807) is 0 Å². The van der Waals surface area contributed by atoms with Crippen LogP contribution in [-0.2, 0) is 4.79 Å². The first-order chi connectivity index (χ1) is 8.41. The lowest BCUT2D eigenvalue weighted by atomic mass is 9.91. The third-order valence-corrected chi connectivity index (χ3v) is 3.49. The molecule has 0 heterocycles. The molecule has 0 fully saturated rings. The zero-order valence-corrected chi connectivity index (χ0v) is 13.0. The second kappa shape index (κ2) is 8.52. The number of hydrogen-bond acceptors (Lipinski definition) is 2. The summed E-state index contributed by atoms with van der Waals surface area (Å²) in [5, 5.41) is 0. The van der Waals surface area contributed by atoms with Crippen molar-refractivity contribution < 1.29 is 4.79 Å². The molecule has 0 radical (unpaired) electrons. The van der Waals surface area contributed by atoms with Crippen molar-refractivity contribution in [3.63, 3.8) is 0 Å². The molecule has 3 heteroatoms. The van der Waals surface area contributed by atoms with Crippen molar-refractivity contribution in [2.75, 3.05) is 19.6 Å². The third kappa shape index (κ3) is 5.85. The van der Waals surface area contributed by atoms with E-state index in [9.17, 15) is 4.79 Å². The summed E-state index contributed by atoms with van der Waals surface area (Å²) in [6.45, 7) is 12.8. The average molecular weight is 256 g/mol. The predicted octanol–water partition coefficient (Wildman–Crippen LogP) is 3.04. The standard InChI is InChI=1S/C15H32N2O/c1-6-9-13(10-7-2)14(18)17(8-3)12-15(4,5)11-16/h13H,6-12,16H2,1-5H3. The van der Waals surface area contributed by atoms with E-state index in [1.807, 2.05) is 4.90 Å². The Hall–Kier alpha value is -0.570. The first-order valence-corrected chi connectivity index (χ1v) is 7.40. The molecule has 18 heavy (non-hydrogen) atoms. The summed E-state index contributed by atoms with van der Waals surface area (Å²) in [6.07, 6.45) is 4.17. The Bertz CT molecular complexity index is 233. The van der Waals surface area contributed by atoms with Crippen molar-refractivity contribution in [1.82, 2.24) is 4.90 Å². The molecule has 0 aliphatic carbocycles. The van der Waals surface area contributed by atoms with Crippen molar-refractivity contribution in [3.8, 4) is 0 Å². The molecule has 0 unspecified atom stereocenters. The first kappa shape index (κ1) is 17.4. The van der Waals surface area contributed by atoms with Crippen molar-refractivity contribution in [2.45, 2.75) is 60.3 Å². The second-order valence-corrected chi connectivity index (χ2v) is 6.00. The van der Waals surface area contributed by atoms with Crippen LogP contribution in [0.15, 0.2) is 0 Å². The molecule has 0 rings (SSSR count). The largest absolute Gasteiger partial charge is 0.342 e. The molecule has 3 nitrogen and oxygen atoms in total. The molecule has 0 aliphatic heterocycles. The van der Waals surface area contributed by atoms with Gasteiger partial charge in [0.05, 0.1) is 0 Å². The lowest BCUT2D eigenvalue weighted by Crippen LogP contribution is -2.44. The normalized spacial score (nSPS) is 11.9. The lowest BCUT2D eigenvalue weighted by molar-refractivity contribution is -0.137. The number of rotatable bonds is 9. The van der Waals surface area contributed by atoms with Gasteiger partial charge in [-0.05, 0) is 31.7 Å². The van der Waals surface area contributed by atoms with Crippen LogP contribution in [0.4, 0.5) is 0 Å². The molecule has 0 saturated carbocycles. The Morgan fingerprint density at radius 3 is 2.00 bits per heavy atom. The highest BCUT2D eigenvalue weighted by molar-refractivity contribution is 5.78. The van der Waals surface area contributed by atoms with Crippen molar-refractivity contribution >= 4 is 5.91 Å². The number of hydrogen-bond donors (Lipinski definition) is 1. The van der Waals surface area contributed by atoms with Gasteiger partial charge in [-0.1, -0.05) is 40.5 Å². The van der Waals surface area contributed by atoms with Gasteiger partial charge in [-0.25, -0.2) is 0 Å². The molecule has 108 valence electrons. The lowest BCUT2D eigenvalue weighted by Gasteiger charge is -2.33. The van der Waals surface area contributed by atoms with Gasteiger partial charge in [-0.3, -0.25) is 4.79 Å². The second-order valence-electron chi connectivity index (χ2n) is 6.00. The zero-order valence-electron chi connectivity index (χ0n) is 13.0. The summed E-state index contributed by atoms with van der Waals surface area (Å²) >= 11 is 0. The number of carbonyl (C=O) groups is 1. The topological polar surface area (TPSA) is 46.3 Å². The van der Waals surface area contributed by atoms with Gasteiger partial charge in [-0.2, -0.15) is 0 Å². The van der Waals surface area contributed by atoms with Gasteiger partial charge in [0, 0.05) is 19.0 Å². The molecule has 0 atom stereocenters. The maximum Gasteiger partial charge on any atom is 0.225 e. The van der Waals surface area contributed by atoms with Gasteiger partial charge >= 0.3 is 0 Å². The summed E-state index contributed by atoms with van der Waals surface area (Å²) in [5.41, 5.74) is 5.77. The van der Waals surface area contributed by atoms with Crippen LogP contribution in [0.1, 0.15) is 60.3 Å². The number of nitrogens with zero attached hydrogens (tertiary/aromatic N) is 1. The molecule has 0 saturated heterocycles. The summed E-state index contributed by atoms with van der Waals surface area (Å²) in [5.74, 6) is 0.524. The number of nitrogens with two attached hydrogens (primary N) is 1. The van der Waals surface area contributed by atoms with Crippen molar-refractivity contribution in [1.29, 1.82) is 0 Å². The SMILES string of the molecule is CCCC(CCC)C(=O)N(CC)CC(C)(C)CN. The Balaban J connectivity index is 4.65. The fraction of sp³-hybridized carbons (Fsp3) is 0.933. The highest BCUT2D eigenvalue weighted by atomic mass is 16.2. The molecule has 0 spiro atoms. The van der Waals surface area contributed by atoms with Gasteiger partial charge in [0.25, 0.3) is 0 Å². The quantitative estimate of drug-likeness (QED) is 0.689. The summed E-state index contributed by atoms with van der Waals surface area (Å²) in [4.78, 5) is 14.5. The van der Waals surface area contributed by atoms with E-state index in [-0.39, 0.29) is 11.3 Å². The predicted molar refractivity (Wildman–Crippen MR) is 78.4 cm³/mol. The van der Waals surface area contributed by atoms with Gasteiger partial charge < -0.3 is 10.6 Å². The molecule has 0 aliphatic rings. The van der Waals surface area contributed by atoms with Crippen LogP contribution in [-0.4, -0.2) is 30.4 Å². The van der Waals surface area contributed by atoms with Gasteiger partial charge in [0.15, 0.2) is 0 Å². The van der Waals surface area contributed by atoms with Crippen LogP contribution in [0.3, 0.4) is 0 Å². The van der Waals surface area contributed by atoms with Gasteiger partial charge in [-0.15, -0.1) is 0 Å². The molecule has 0 aromatic rings. The van der Waals surface area contributed by atoms with Crippen molar-refractivity contribution in [3.05, 3.63) is 0 Å². The fourth-order valence-electron chi connectivity index (χ4n) is 2.27. The maximum absolute atomic E-state index is 12.5. The van der Waals surface area contributed by atoms with E-state index in [2.05, 4.69) is 34.6 Å². The molecule has 0 bridgehead atoms. The molecular weight excluding hydrogens is 224 g/mol. The van der Waals surface area contributed by atoms with Gasteiger partial charge in [0.1, 0.15) is 0 Å². The highest BCUT2D eigenvalue weighted by Crippen LogP contribution is 2.21. The van der Waals surface area contributed by atoms with Gasteiger partial charge in [0.2, 0.25) is 5.91 Å². The van der Waals surface area contributed by atoms with Crippen LogP contribution in [0.5, 0.6) is 0 Å². The summed E-state index contributed by atoms with van der Waals surface area (Å²) < 4.78 is 0. The minimum atomic E-state index is 0.00858. The van der Waals surface area contributed by atoms with E-state index in [0.717, 1.165) is 38.8 Å². The molecule has 1 amide bonds. The minimum Gasteiger partial charge on any atom is -0.342 e. The van der Waals surface area contributed by atoms with Crippen molar-refractivity contribution in [2.24, 2.45) is 17.1 Å². The van der Waals surface area contributed by atoms with E-state index in [0.29, 0.717) is 12.5 Å². The van der Waals surface area contributed by atoms with E-state index >= 15 is 0 Å². The van der Waals surface area contributed by atoms with Crippen LogP contribution >= 0.6 is 0 Å². The Labute approximate surface area is 113 Å². The van der Waals surface area contributed by atoms with Crippen LogP contribution < -0.4 is 5.73 Å². The summed E-state index contributed by atoms with van der Waals surface area (Å²) in [7, 11) is 0. The Morgan fingerprint density at radius 2 is 1.67 bits per heavy atom. The fourth-order valence-corrected chi connectivity index (χ4v) is 2.27.